The fraction of sp³-hybridized carbons (Fsp3) is 0.375. The number of nitrogens with zero attached hydrogens (tertiary/aromatic N) is 2. The molecule has 3 atom stereocenters. The average molecular weight is 804 g/mol. The lowest BCUT2D eigenvalue weighted by molar-refractivity contribution is -0.904. The molecule has 1 aromatic heterocycles. The molecule has 3 saturated heterocycles. The van der Waals surface area contributed by atoms with Crippen LogP contribution in [0.5, 0.6) is 11.5 Å². The van der Waals surface area contributed by atoms with Crippen molar-refractivity contribution >= 4 is 35.1 Å². The van der Waals surface area contributed by atoms with Gasteiger partial charge in [0, 0.05) is 34.9 Å². The van der Waals surface area contributed by atoms with Crippen LogP contribution in [0.1, 0.15) is 76.8 Å². The molecule has 292 valence electrons. The lowest BCUT2D eigenvalue weighted by atomic mass is 9.82. The van der Waals surface area contributed by atoms with Crippen molar-refractivity contribution in [1.82, 2.24) is 10.2 Å². The smallest absolute Gasteiger partial charge is 0.387 e. The topological polar surface area (TPSA) is 121 Å². The molecule has 0 radical (unpaired) electrons. The van der Waals surface area contributed by atoms with Crippen molar-refractivity contribution in [3.8, 4) is 11.5 Å². The summed E-state index contributed by atoms with van der Waals surface area (Å²) in [6.07, 6.45) is 3.54. The van der Waals surface area contributed by atoms with Gasteiger partial charge in [0.1, 0.15) is 28.0 Å². The zero-order chi connectivity index (χ0) is 39.4. The molecule has 0 aliphatic carbocycles. The first-order valence-corrected chi connectivity index (χ1v) is 18.6. The van der Waals surface area contributed by atoms with E-state index in [1.165, 1.54) is 54.9 Å². The van der Waals surface area contributed by atoms with E-state index >= 15 is 4.39 Å². The first-order valence-electron chi connectivity index (χ1n) is 17.9. The number of hydrogen-bond acceptors (Lipinski definition) is 8. The zero-order valence-corrected chi connectivity index (χ0v) is 31.6. The van der Waals surface area contributed by atoms with Gasteiger partial charge >= 0.3 is 18.6 Å². The summed E-state index contributed by atoms with van der Waals surface area (Å²) in [6.45, 7) is 2.81. The Kier molecular flexibility index (Phi) is 12.8. The van der Waals surface area contributed by atoms with E-state index < -0.39 is 42.4 Å². The molecule has 4 heterocycles. The van der Waals surface area contributed by atoms with Crippen LogP contribution >= 0.6 is 23.2 Å². The first kappa shape index (κ1) is 40.1. The third-order valence-corrected chi connectivity index (χ3v) is 10.6. The van der Waals surface area contributed by atoms with Crippen LogP contribution in [-0.2, 0) is 22.5 Å². The summed E-state index contributed by atoms with van der Waals surface area (Å²) in [5.41, 5.74) is 1.66. The number of benzene rings is 3. The molecule has 3 aromatic carbocycles. The highest BCUT2D eigenvalue weighted by atomic mass is 35.5. The van der Waals surface area contributed by atoms with Crippen molar-refractivity contribution in [2.75, 3.05) is 19.6 Å². The van der Waals surface area contributed by atoms with Crippen LogP contribution < -0.4 is 19.5 Å². The van der Waals surface area contributed by atoms with Gasteiger partial charge in [0.2, 0.25) is 12.4 Å². The zero-order valence-electron chi connectivity index (χ0n) is 30.1. The number of alkyl halides is 2. The number of rotatable bonds is 15. The number of halogens is 5. The Labute approximate surface area is 326 Å². The summed E-state index contributed by atoms with van der Waals surface area (Å²) in [4.78, 5) is 28.8. The number of fused-ring (bicyclic) bond motifs is 3. The fourth-order valence-electron chi connectivity index (χ4n) is 7.34. The number of aromatic carboxylic acids is 1. The van der Waals surface area contributed by atoms with E-state index in [4.69, 9.17) is 37.4 Å². The highest BCUT2D eigenvalue weighted by molar-refractivity contribution is 6.35. The second-order valence-corrected chi connectivity index (χ2v) is 14.8. The predicted octanol–water partition coefficient (Wildman–Crippen LogP) is 7.59. The van der Waals surface area contributed by atoms with E-state index in [9.17, 15) is 28.7 Å². The minimum Gasteiger partial charge on any atom is -0.487 e. The molecule has 0 spiro atoms. The molecule has 3 aliphatic heterocycles. The summed E-state index contributed by atoms with van der Waals surface area (Å²) < 4.78 is 59.3. The molecule has 0 amide bonds. The van der Waals surface area contributed by atoms with E-state index in [0.717, 1.165) is 25.9 Å². The molecule has 4 aromatic rings. The van der Waals surface area contributed by atoms with Crippen molar-refractivity contribution in [2.24, 2.45) is 5.92 Å². The average Bonchev–Trinajstić information content (AvgIpc) is 3.13. The Bertz CT molecular complexity index is 2010. The molecule has 7 rings (SSSR count). The molecule has 2 bridgehead atoms. The Hall–Kier alpha value is -4.56. The normalized spacial score (nSPS) is 19.0. The molecule has 3 fully saturated rings. The molecule has 55 heavy (non-hydrogen) atoms. The van der Waals surface area contributed by atoms with Crippen LogP contribution in [0.3, 0.4) is 0 Å². The van der Waals surface area contributed by atoms with Gasteiger partial charge in [-0.15, -0.1) is 0 Å². The van der Waals surface area contributed by atoms with Crippen molar-refractivity contribution in [3.63, 3.8) is 0 Å². The third kappa shape index (κ3) is 9.64. The third-order valence-electron chi connectivity index (χ3n) is 9.97. The highest BCUT2D eigenvalue weighted by Crippen LogP contribution is 2.40. The molecular formula is C40H41Cl2F3N3O7+. The summed E-state index contributed by atoms with van der Waals surface area (Å²) in [7, 11) is 0. The van der Waals surface area contributed by atoms with Crippen LogP contribution in [0.25, 0.3) is 0 Å². The van der Waals surface area contributed by atoms with Crippen molar-refractivity contribution in [3.05, 3.63) is 122 Å². The number of carboxylic acid groups (broad SMARTS) is 1. The quantitative estimate of drug-likeness (QED) is 0.0635. The van der Waals surface area contributed by atoms with Crippen LogP contribution in [0.15, 0.2) is 73.1 Å². The monoisotopic (exact) mass is 802 g/mol. The molecular weight excluding hydrogens is 762 g/mol. The second kappa shape index (κ2) is 17.5. The van der Waals surface area contributed by atoms with Crippen molar-refractivity contribution < 1.29 is 52.0 Å². The maximum Gasteiger partial charge on any atom is 0.387 e. The van der Waals surface area contributed by atoms with Gasteiger partial charge in [-0.1, -0.05) is 59.6 Å². The largest absolute Gasteiger partial charge is 0.487 e. The van der Waals surface area contributed by atoms with Gasteiger partial charge in [0.15, 0.2) is 11.5 Å². The lowest BCUT2D eigenvalue weighted by Gasteiger charge is -2.44. The minimum absolute atomic E-state index is 0.000168. The van der Waals surface area contributed by atoms with Crippen molar-refractivity contribution in [1.29, 1.82) is 0 Å². The number of hydrogen-bond donors (Lipinski definition) is 3. The first-order chi connectivity index (χ1) is 26.3. The molecule has 3 N–H and O–H groups in total. The maximum absolute atomic E-state index is 15.2. The van der Waals surface area contributed by atoms with Gasteiger partial charge in [0.25, 0.3) is 0 Å². The predicted molar refractivity (Wildman–Crippen MR) is 197 cm³/mol. The van der Waals surface area contributed by atoms with Gasteiger partial charge in [-0.2, -0.15) is 8.78 Å². The summed E-state index contributed by atoms with van der Waals surface area (Å²) in [5.74, 6) is -3.29. The lowest BCUT2D eigenvalue weighted by Crippen LogP contribution is -2.52. The van der Waals surface area contributed by atoms with E-state index in [1.807, 2.05) is 0 Å². The van der Waals surface area contributed by atoms with E-state index in [-0.39, 0.29) is 63.2 Å². The van der Waals surface area contributed by atoms with Gasteiger partial charge in [-0.25, -0.2) is 14.0 Å². The van der Waals surface area contributed by atoms with E-state index in [1.54, 1.807) is 32.0 Å². The number of carbonyl (C=O) groups is 2. The Balaban J connectivity index is 1.39. The van der Waals surface area contributed by atoms with Gasteiger partial charge in [-0.05, 0) is 93.1 Å². The van der Waals surface area contributed by atoms with Crippen LogP contribution in [0, 0.1) is 11.7 Å². The SMILES string of the molecule is CC(C)Oc1cc([C@H](Cc2c(Cl)c[n+](O)cc2Cl)c2cc(CNC(C(=O)O[C@H]3CN4CCC3CC4)c3ccccc3F)ccc2C(=O)O)ccc1OC(F)F. The Morgan fingerprint density at radius 2 is 1.67 bits per heavy atom. The van der Waals surface area contributed by atoms with E-state index in [0.29, 0.717) is 28.0 Å². The number of aromatic nitrogens is 1. The maximum atomic E-state index is 15.2. The summed E-state index contributed by atoms with van der Waals surface area (Å²) in [5, 5.41) is 23.8. The second-order valence-electron chi connectivity index (χ2n) is 14.0. The molecule has 1 unspecified atom stereocenters. The van der Waals surface area contributed by atoms with Crippen molar-refractivity contribution in [2.45, 2.75) is 70.4 Å². The van der Waals surface area contributed by atoms with Gasteiger partial charge < -0.3 is 19.3 Å². The van der Waals surface area contributed by atoms with Gasteiger partial charge in [0.05, 0.1) is 11.7 Å². The number of carboxylic acids is 1. The Morgan fingerprint density at radius 1 is 0.964 bits per heavy atom. The van der Waals surface area contributed by atoms with E-state index in [2.05, 4.69) is 10.2 Å². The summed E-state index contributed by atoms with van der Waals surface area (Å²) >= 11 is 13.1. The van der Waals surface area contributed by atoms with Crippen LogP contribution in [-0.4, -0.2) is 65.6 Å². The number of carbonyl (C=O) groups excluding carboxylic acids is 1. The fourth-order valence-corrected chi connectivity index (χ4v) is 7.95. The number of piperidine rings is 3. The molecule has 10 nitrogen and oxygen atoms in total. The van der Waals surface area contributed by atoms with Crippen LogP contribution in [0.2, 0.25) is 10.0 Å². The minimum atomic E-state index is -3.13. The Morgan fingerprint density at radius 3 is 2.29 bits per heavy atom. The standard InChI is InChI=1S/C40H40Cl2F3N3O7/c1-22(2)53-35-16-25(8-10-34(35)55-40(44)45)28(17-30-31(41)19-48(52)20-32(30)42)29-15-23(7-9-26(29)38(49)50)18-46-37(27-5-3-4-6-33(27)43)39(51)54-36-21-47-13-11-24(36)12-14-47/h3-10,15-16,19-20,22,24,28,36-37,40,46H,11-14,17-18,21H2,1-2H3,(H-,49,50,52)/p+1/t28-,36-,37?/m0/s1. The number of esters is 1. The number of nitrogens with one attached hydrogen (secondary N) is 1. The highest BCUT2D eigenvalue weighted by Gasteiger charge is 2.38. The number of ether oxygens (including phenoxy) is 3. The number of pyridine rings is 1. The molecule has 15 heteroatoms. The van der Waals surface area contributed by atoms with Crippen LogP contribution in [0.4, 0.5) is 13.2 Å². The molecule has 0 saturated carbocycles. The summed E-state index contributed by atoms with van der Waals surface area (Å²) in [6, 6.07) is 13.7. The molecule has 3 aliphatic rings. The van der Waals surface area contributed by atoms with Gasteiger partial charge in [-0.3, -0.25) is 15.4 Å².